The van der Waals surface area contributed by atoms with Crippen molar-refractivity contribution in [3.8, 4) is 0 Å². The molecular formula is C7H11O6P. The summed E-state index contributed by atoms with van der Waals surface area (Å²) in [6.07, 6.45) is 1.03. The number of hydrogen-bond acceptors (Lipinski definition) is 6. The molecule has 1 rings (SSSR count). The van der Waals surface area contributed by atoms with E-state index in [0.29, 0.717) is 0 Å². The molecule has 0 spiro atoms. The number of carbonyl (C=O) groups is 1. The Morgan fingerprint density at radius 1 is 1.43 bits per heavy atom. The van der Waals surface area contributed by atoms with Crippen molar-refractivity contribution in [3.05, 3.63) is 12.7 Å². The van der Waals surface area contributed by atoms with Crippen LogP contribution in [0.1, 0.15) is 0 Å². The van der Waals surface area contributed by atoms with Gasteiger partial charge in [0, 0.05) is 6.08 Å². The van der Waals surface area contributed by atoms with Crippen LogP contribution >= 0.6 is 7.82 Å². The Kier molecular flexibility index (Phi) is 4.28. The first-order valence-corrected chi connectivity index (χ1v) is 5.45. The van der Waals surface area contributed by atoms with Crippen LogP contribution < -0.4 is 0 Å². The van der Waals surface area contributed by atoms with Crippen molar-refractivity contribution >= 4 is 13.8 Å². The third-order valence-corrected chi connectivity index (χ3v) is 2.82. The maximum Gasteiger partial charge on any atom is 0.475 e. The molecule has 1 heterocycles. The van der Waals surface area contributed by atoms with Crippen molar-refractivity contribution in [2.75, 3.05) is 26.4 Å². The zero-order valence-electron chi connectivity index (χ0n) is 7.51. The standard InChI is InChI=1S/C7H11O6P/c1-2-7(8)10-3-4-11-14(9)12-5-6-13-14/h2H,1,3-6H2. The van der Waals surface area contributed by atoms with Crippen LogP contribution in [0.15, 0.2) is 12.7 Å². The molecular weight excluding hydrogens is 211 g/mol. The molecule has 1 saturated heterocycles. The van der Waals surface area contributed by atoms with Crippen LogP contribution in [0, 0.1) is 0 Å². The number of carbonyl (C=O) groups excluding carboxylic acids is 1. The van der Waals surface area contributed by atoms with Crippen LogP contribution in [0.4, 0.5) is 0 Å². The van der Waals surface area contributed by atoms with Gasteiger partial charge in [0.25, 0.3) is 0 Å². The van der Waals surface area contributed by atoms with E-state index in [9.17, 15) is 9.36 Å². The van der Waals surface area contributed by atoms with Crippen LogP contribution in [0.2, 0.25) is 0 Å². The summed E-state index contributed by atoms with van der Waals surface area (Å²) >= 11 is 0. The fourth-order valence-corrected chi connectivity index (χ4v) is 1.88. The molecule has 7 heteroatoms. The van der Waals surface area contributed by atoms with Gasteiger partial charge in [0.05, 0.1) is 19.8 Å². The summed E-state index contributed by atoms with van der Waals surface area (Å²) < 4.78 is 30.1. The molecule has 0 unspecified atom stereocenters. The third kappa shape index (κ3) is 3.59. The summed E-state index contributed by atoms with van der Waals surface area (Å²) in [5.41, 5.74) is 0. The molecule has 1 fully saturated rings. The highest BCUT2D eigenvalue weighted by Gasteiger charge is 2.31. The van der Waals surface area contributed by atoms with E-state index in [2.05, 4.69) is 11.3 Å². The Hall–Kier alpha value is -0.680. The molecule has 1 aliphatic heterocycles. The van der Waals surface area contributed by atoms with Crippen molar-refractivity contribution in [1.29, 1.82) is 0 Å². The minimum atomic E-state index is -3.36. The summed E-state index contributed by atoms with van der Waals surface area (Å²) in [7, 11) is -3.36. The first kappa shape index (κ1) is 11.4. The summed E-state index contributed by atoms with van der Waals surface area (Å²) in [4.78, 5) is 10.6. The fraction of sp³-hybridized carbons (Fsp3) is 0.571. The number of ether oxygens (including phenoxy) is 1. The molecule has 0 N–H and O–H groups in total. The van der Waals surface area contributed by atoms with E-state index >= 15 is 0 Å². The normalized spacial score (nSPS) is 19.1. The number of hydrogen-bond donors (Lipinski definition) is 0. The van der Waals surface area contributed by atoms with Gasteiger partial charge >= 0.3 is 13.8 Å². The minimum absolute atomic E-state index is 0.0123. The molecule has 0 aromatic heterocycles. The lowest BCUT2D eigenvalue weighted by Crippen LogP contribution is -2.07. The van der Waals surface area contributed by atoms with Crippen molar-refractivity contribution in [3.63, 3.8) is 0 Å². The number of phosphoric ester groups is 1. The van der Waals surface area contributed by atoms with Crippen LogP contribution in [0.25, 0.3) is 0 Å². The molecule has 6 nitrogen and oxygen atoms in total. The molecule has 0 aromatic carbocycles. The number of esters is 1. The van der Waals surface area contributed by atoms with Gasteiger partial charge in [-0.15, -0.1) is 0 Å². The molecule has 0 amide bonds. The zero-order valence-corrected chi connectivity index (χ0v) is 8.40. The van der Waals surface area contributed by atoms with E-state index in [4.69, 9.17) is 13.6 Å². The summed E-state index contributed by atoms with van der Waals surface area (Å²) in [5, 5.41) is 0. The summed E-state index contributed by atoms with van der Waals surface area (Å²) in [5.74, 6) is -0.555. The highest BCUT2D eigenvalue weighted by atomic mass is 31.2. The Morgan fingerprint density at radius 2 is 2.07 bits per heavy atom. The van der Waals surface area contributed by atoms with Crippen LogP contribution in [-0.4, -0.2) is 32.4 Å². The van der Waals surface area contributed by atoms with Gasteiger partial charge in [-0.25, -0.2) is 9.36 Å². The number of rotatable bonds is 5. The first-order chi connectivity index (χ1) is 6.66. The average molecular weight is 222 g/mol. The van der Waals surface area contributed by atoms with E-state index in [0.717, 1.165) is 6.08 Å². The predicted molar refractivity (Wildman–Crippen MR) is 46.6 cm³/mol. The topological polar surface area (TPSA) is 71.1 Å². The smallest absolute Gasteiger partial charge is 0.460 e. The molecule has 0 saturated carbocycles. The minimum Gasteiger partial charge on any atom is -0.460 e. The number of phosphoric acid groups is 1. The predicted octanol–water partition coefficient (Wildman–Crippen LogP) is 0.887. The van der Waals surface area contributed by atoms with E-state index in [-0.39, 0.29) is 26.4 Å². The summed E-state index contributed by atoms with van der Waals surface area (Å²) in [6, 6.07) is 0. The fourth-order valence-electron chi connectivity index (χ4n) is 0.760. The molecule has 1 aliphatic rings. The molecule has 80 valence electrons. The van der Waals surface area contributed by atoms with Crippen molar-refractivity contribution in [2.24, 2.45) is 0 Å². The van der Waals surface area contributed by atoms with Gasteiger partial charge in [0.1, 0.15) is 6.61 Å². The van der Waals surface area contributed by atoms with Crippen LogP contribution in [-0.2, 0) is 27.7 Å². The summed E-state index contributed by atoms with van der Waals surface area (Å²) in [6.45, 7) is 3.68. The Bertz CT molecular complexity index is 253. The maximum atomic E-state index is 11.3. The monoisotopic (exact) mass is 222 g/mol. The van der Waals surface area contributed by atoms with Gasteiger partial charge in [-0.05, 0) is 0 Å². The Balaban J connectivity index is 2.12. The van der Waals surface area contributed by atoms with Gasteiger partial charge in [-0.2, -0.15) is 0 Å². The van der Waals surface area contributed by atoms with Crippen LogP contribution in [0.3, 0.4) is 0 Å². The average Bonchev–Trinajstić information content (AvgIpc) is 2.60. The van der Waals surface area contributed by atoms with Gasteiger partial charge in [0.15, 0.2) is 0 Å². The second-order valence-electron chi connectivity index (χ2n) is 2.32. The van der Waals surface area contributed by atoms with E-state index in [1.54, 1.807) is 0 Å². The third-order valence-electron chi connectivity index (χ3n) is 1.33. The highest BCUT2D eigenvalue weighted by molar-refractivity contribution is 7.48. The van der Waals surface area contributed by atoms with Crippen molar-refractivity contribution in [1.82, 2.24) is 0 Å². The molecule has 14 heavy (non-hydrogen) atoms. The molecule has 0 aliphatic carbocycles. The lowest BCUT2D eigenvalue weighted by Gasteiger charge is -2.08. The molecule has 0 aromatic rings. The largest absolute Gasteiger partial charge is 0.475 e. The molecule has 0 radical (unpaired) electrons. The lowest BCUT2D eigenvalue weighted by molar-refractivity contribution is -0.138. The quantitative estimate of drug-likeness (QED) is 0.297. The van der Waals surface area contributed by atoms with Crippen molar-refractivity contribution in [2.45, 2.75) is 0 Å². The Labute approximate surface area is 81.4 Å². The first-order valence-electron chi connectivity index (χ1n) is 3.99. The zero-order chi connectivity index (χ0) is 10.4. The second kappa shape index (κ2) is 5.26. The van der Waals surface area contributed by atoms with Crippen molar-refractivity contribution < 1.29 is 27.7 Å². The van der Waals surface area contributed by atoms with Gasteiger partial charge in [-0.1, -0.05) is 6.58 Å². The maximum absolute atomic E-state index is 11.3. The molecule has 0 bridgehead atoms. The molecule has 0 atom stereocenters. The highest BCUT2D eigenvalue weighted by Crippen LogP contribution is 2.52. The lowest BCUT2D eigenvalue weighted by atomic mass is 10.6. The SMILES string of the molecule is C=CC(=O)OCCOP1(=O)OCCO1. The van der Waals surface area contributed by atoms with Gasteiger partial charge < -0.3 is 4.74 Å². The second-order valence-corrected chi connectivity index (χ2v) is 3.99. The Morgan fingerprint density at radius 3 is 2.64 bits per heavy atom. The van der Waals surface area contributed by atoms with Crippen LogP contribution in [0.5, 0.6) is 0 Å². The van der Waals surface area contributed by atoms with Gasteiger partial charge in [0.2, 0.25) is 0 Å². The van der Waals surface area contributed by atoms with Gasteiger partial charge in [-0.3, -0.25) is 13.6 Å². The van der Waals surface area contributed by atoms with E-state index in [1.165, 1.54) is 0 Å². The van der Waals surface area contributed by atoms with E-state index in [1.807, 2.05) is 0 Å². The van der Waals surface area contributed by atoms with E-state index < -0.39 is 13.8 Å².